The number of aliphatic hydroxyl groups is 1. The Morgan fingerprint density at radius 3 is 2.86 bits per heavy atom. The van der Waals surface area contributed by atoms with E-state index in [-0.39, 0.29) is 12.5 Å². The van der Waals surface area contributed by atoms with Gasteiger partial charge in [-0.1, -0.05) is 18.8 Å². The van der Waals surface area contributed by atoms with Crippen molar-refractivity contribution in [2.45, 2.75) is 25.8 Å². The Kier molecular flexibility index (Phi) is 5.80. The molecule has 0 aliphatic carbocycles. The van der Waals surface area contributed by atoms with E-state index in [0.29, 0.717) is 10.9 Å². The lowest BCUT2D eigenvalue weighted by atomic mass is 10.0. The molecule has 0 bridgehead atoms. The van der Waals surface area contributed by atoms with E-state index in [2.05, 4.69) is 23.7 Å². The molecule has 1 aromatic rings. The maximum Gasteiger partial charge on any atom is 0.265 e. The fourth-order valence-corrected chi connectivity index (χ4v) is 3.49. The van der Waals surface area contributed by atoms with Crippen LogP contribution in [0.25, 0.3) is 0 Å². The number of nitrogens with zero attached hydrogens (tertiary/aromatic N) is 2. The number of rotatable bonds is 3. The predicted molar refractivity (Wildman–Crippen MR) is 85.5 cm³/mol. The molecule has 5 heteroatoms. The smallest absolute Gasteiger partial charge is 0.265 e. The van der Waals surface area contributed by atoms with Gasteiger partial charge in [-0.15, -0.1) is 11.3 Å². The molecule has 0 unspecified atom stereocenters. The standard InChI is InChI=1S/C16H22N2O2S/c1-3-18-9-6-14(7-10-18)17(2)16(20)15-13(5-4-11-19)8-12-21-15/h8,12,14,19H,3,6-7,9-11H2,1-2H3. The molecule has 0 atom stereocenters. The lowest BCUT2D eigenvalue weighted by Crippen LogP contribution is -2.45. The van der Waals surface area contributed by atoms with Gasteiger partial charge < -0.3 is 14.9 Å². The average Bonchev–Trinajstić information content (AvgIpc) is 3.00. The first-order valence-electron chi connectivity index (χ1n) is 7.34. The summed E-state index contributed by atoms with van der Waals surface area (Å²) >= 11 is 1.42. The highest BCUT2D eigenvalue weighted by Crippen LogP contribution is 2.22. The number of carbonyl (C=O) groups excluding carboxylic acids is 1. The third-order valence-electron chi connectivity index (χ3n) is 4.03. The minimum atomic E-state index is -0.186. The molecule has 2 heterocycles. The van der Waals surface area contributed by atoms with Crippen LogP contribution in [0.2, 0.25) is 0 Å². The number of amides is 1. The number of hydrogen-bond acceptors (Lipinski definition) is 4. The van der Waals surface area contributed by atoms with Gasteiger partial charge in [0.25, 0.3) is 5.91 Å². The summed E-state index contributed by atoms with van der Waals surface area (Å²) < 4.78 is 0. The summed E-state index contributed by atoms with van der Waals surface area (Å²) in [7, 11) is 1.89. The molecule has 0 aromatic carbocycles. The summed E-state index contributed by atoms with van der Waals surface area (Å²) in [6.07, 6.45) is 2.05. The number of carbonyl (C=O) groups is 1. The second-order valence-electron chi connectivity index (χ2n) is 5.20. The monoisotopic (exact) mass is 306 g/mol. The van der Waals surface area contributed by atoms with E-state index >= 15 is 0 Å². The normalized spacial score (nSPS) is 16.3. The summed E-state index contributed by atoms with van der Waals surface area (Å²) in [4.78, 5) is 17.6. The van der Waals surface area contributed by atoms with Gasteiger partial charge in [0, 0.05) is 31.7 Å². The van der Waals surface area contributed by atoms with Crippen molar-refractivity contribution in [3.63, 3.8) is 0 Å². The summed E-state index contributed by atoms with van der Waals surface area (Å²) in [6.45, 7) is 5.18. The molecule has 21 heavy (non-hydrogen) atoms. The maximum atomic E-state index is 12.6. The van der Waals surface area contributed by atoms with Gasteiger partial charge in [0.1, 0.15) is 11.5 Å². The Bertz CT molecular complexity index is 536. The summed E-state index contributed by atoms with van der Waals surface area (Å²) in [5.74, 6) is 5.51. The van der Waals surface area contributed by atoms with Crippen molar-refractivity contribution in [1.29, 1.82) is 0 Å². The molecule has 4 nitrogen and oxygen atoms in total. The van der Waals surface area contributed by atoms with Gasteiger partial charge in [-0.05, 0) is 30.8 Å². The zero-order valence-corrected chi connectivity index (χ0v) is 13.4. The SMILES string of the molecule is CCN1CCC(N(C)C(=O)c2sccc2C#CCO)CC1. The predicted octanol–water partition coefficient (Wildman–Crippen LogP) is 1.65. The van der Waals surface area contributed by atoms with Crippen LogP contribution in [0.15, 0.2) is 11.4 Å². The molecule has 0 radical (unpaired) electrons. The third kappa shape index (κ3) is 3.85. The molecule has 1 N–H and O–H groups in total. The summed E-state index contributed by atoms with van der Waals surface area (Å²) in [6, 6.07) is 2.15. The van der Waals surface area contributed by atoms with E-state index in [1.165, 1.54) is 11.3 Å². The van der Waals surface area contributed by atoms with Crippen molar-refractivity contribution in [1.82, 2.24) is 9.80 Å². The van der Waals surface area contributed by atoms with E-state index in [1.54, 1.807) is 0 Å². The minimum absolute atomic E-state index is 0.0437. The molecule has 0 spiro atoms. The zero-order valence-electron chi connectivity index (χ0n) is 12.6. The van der Waals surface area contributed by atoms with E-state index < -0.39 is 0 Å². The third-order valence-corrected chi connectivity index (χ3v) is 4.94. The van der Waals surface area contributed by atoms with Crippen molar-refractivity contribution in [2.24, 2.45) is 0 Å². The van der Waals surface area contributed by atoms with Crippen molar-refractivity contribution in [3.8, 4) is 11.8 Å². The lowest BCUT2D eigenvalue weighted by Gasteiger charge is -2.36. The first-order valence-corrected chi connectivity index (χ1v) is 8.22. The Morgan fingerprint density at radius 1 is 1.52 bits per heavy atom. The first kappa shape index (κ1) is 16.0. The molecule has 1 aromatic heterocycles. The zero-order chi connectivity index (χ0) is 15.2. The Labute approximate surface area is 130 Å². The van der Waals surface area contributed by atoms with Gasteiger partial charge >= 0.3 is 0 Å². The highest BCUT2D eigenvalue weighted by Gasteiger charge is 2.26. The van der Waals surface area contributed by atoms with Gasteiger partial charge in [0.05, 0.1) is 0 Å². The van der Waals surface area contributed by atoms with Crippen LogP contribution in [0.5, 0.6) is 0 Å². The Hall–Kier alpha value is -1.35. The minimum Gasteiger partial charge on any atom is -0.384 e. The van der Waals surface area contributed by atoms with E-state index in [4.69, 9.17) is 5.11 Å². The van der Waals surface area contributed by atoms with Crippen LogP contribution in [-0.2, 0) is 0 Å². The highest BCUT2D eigenvalue weighted by atomic mass is 32.1. The van der Waals surface area contributed by atoms with Crippen LogP contribution in [0, 0.1) is 11.8 Å². The Balaban J connectivity index is 2.04. The molecule has 114 valence electrons. The van der Waals surface area contributed by atoms with Crippen molar-refractivity contribution >= 4 is 17.2 Å². The average molecular weight is 306 g/mol. The molecule has 1 saturated heterocycles. The number of likely N-dealkylation sites (tertiary alicyclic amines) is 1. The second-order valence-corrected chi connectivity index (χ2v) is 6.12. The molecular weight excluding hydrogens is 284 g/mol. The number of hydrogen-bond donors (Lipinski definition) is 1. The topological polar surface area (TPSA) is 43.8 Å². The van der Waals surface area contributed by atoms with Crippen LogP contribution in [0.1, 0.15) is 35.0 Å². The highest BCUT2D eigenvalue weighted by molar-refractivity contribution is 7.12. The van der Waals surface area contributed by atoms with Crippen LogP contribution in [0.4, 0.5) is 0 Å². The van der Waals surface area contributed by atoms with Gasteiger partial charge in [-0.3, -0.25) is 4.79 Å². The van der Waals surface area contributed by atoms with Crippen LogP contribution >= 0.6 is 11.3 Å². The molecule has 1 aliphatic rings. The molecule has 2 rings (SSSR count). The quantitative estimate of drug-likeness (QED) is 0.864. The fourth-order valence-electron chi connectivity index (χ4n) is 2.66. The molecular formula is C16H22N2O2S. The maximum absolute atomic E-state index is 12.6. The second kappa shape index (κ2) is 7.60. The van der Waals surface area contributed by atoms with Gasteiger partial charge in [-0.2, -0.15) is 0 Å². The number of piperidine rings is 1. The van der Waals surface area contributed by atoms with Crippen molar-refractivity contribution in [2.75, 3.05) is 33.3 Å². The summed E-state index contributed by atoms with van der Waals surface area (Å²) in [5, 5.41) is 10.7. The molecule has 1 aliphatic heterocycles. The number of aliphatic hydroxyl groups excluding tert-OH is 1. The molecule has 0 saturated carbocycles. The van der Waals surface area contributed by atoms with Gasteiger partial charge in [0.15, 0.2) is 0 Å². The first-order chi connectivity index (χ1) is 10.2. The van der Waals surface area contributed by atoms with Gasteiger partial charge in [0.2, 0.25) is 0 Å². The largest absolute Gasteiger partial charge is 0.384 e. The van der Waals surface area contributed by atoms with E-state index in [9.17, 15) is 4.79 Å². The van der Waals surface area contributed by atoms with Crippen LogP contribution in [0.3, 0.4) is 0 Å². The van der Waals surface area contributed by atoms with E-state index in [0.717, 1.165) is 38.0 Å². The van der Waals surface area contributed by atoms with E-state index in [1.807, 2.05) is 23.4 Å². The molecule has 1 amide bonds. The fraction of sp³-hybridized carbons (Fsp3) is 0.562. The Morgan fingerprint density at radius 2 is 2.24 bits per heavy atom. The summed E-state index contributed by atoms with van der Waals surface area (Å²) in [5.41, 5.74) is 0.719. The van der Waals surface area contributed by atoms with Crippen LogP contribution < -0.4 is 0 Å². The van der Waals surface area contributed by atoms with Crippen molar-refractivity contribution < 1.29 is 9.90 Å². The molecule has 1 fully saturated rings. The van der Waals surface area contributed by atoms with Gasteiger partial charge in [-0.25, -0.2) is 0 Å². The van der Waals surface area contributed by atoms with Crippen LogP contribution in [-0.4, -0.2) is 60.1 Å². The van der Waals surface area contributed by atoms with Crippen molar-refractivity contribution in [3.05, 3.63) is 21.9 Å². The lowest BCUT2D eigenvalue weighted by molar-refractivity contribution is 0.0651. The number of thiophene rings is 1.